The Morgan fingerprint density at radius 2 is 1.57 bits per heavy atom. The summed E-state index contributed by atoms with van der Waals surface area (Å²) < 4.78 is 40.7. The Morgan fingerprint density at radius 3 is 2.27 bits per heavy atom. The zero-order chi connectivity index (χ0) is 26.7. The summed E-state index contributed by atoms with van der Waals surface area (Å²) in [6.07, 6.45) is 5.05. The number of rotatable bonds is 15. The van der Waals surface area contributed by atoms with Crippen molar-refractivity contribution >= 4 is 23.5 Å². The van der Waals surface area contributed by atoms with E-state index in [-0.39, 0.29) is 17.8 Å². The zero-order valence-corrected chi connectivity index (χ0v) is 23.2. The molecule has 0 spiro atoms. The van der Waals surface area contributed by atoms with Crippen LogP contribution in [-0.4, -0.2) is 46.9 Å². The van der Waals surface area contributed by atoms with E-state index in [1.54, 1.807) is 41.7 Å². The standard InChI is InChI=1S/C29H39F3O3S2/c1-28(22-10-12-23(33)13-11-22)21-37-27-19-24(34)14-15-25(27)26(28)9-7-5-3-2-4-6-8-17-36-18-16-35-20-29(30,31)32/h10-15,19,26,33-34H,2-9,16-18,20-21H2,1H3. The molecule has 1 aliphatic rings. The summed E-state index contributed by atoms with van der Waals surface area (Å²) >= 11 is 3.46. The average molecular weight is 557 g/mol. The second-order valence-electron chi connectivity index (χ2n) is 10.1. The smallest absolute Gasteiger partial charge is 0.411 e. The minimum Gasteiger partial charge on any atom is -0.508 e. The molecule has 2 aromatic rings. The monoisotopic (exact) mass is 556 g/mol. The Morgan fingerprint density at radius 1 is 0.919 bits per heavy atom. The van der Waals surface area contributed by atoms with Gasteiger partial charge in [0.1, 0.15) is 18.1 Å². The van der Waals surface area contributed by atoms with Gasteiger partial charge < -0.3 is 14.9 Å². The van der Waals surface area contributed by atoms with Crippen molar-refractivity contribution in [2.45, 2.75) is 80.7 Å². The number of hydrogen-bond donors (Lipinski definition) is 2. The summed E-state index contributed by atoms with van der Waals surface area (Å²) in [5.74, 6) is 3.47. The molecule has 0 fully saturated rings. The number of hydrogen-bond acceptors (Lipinski definition) is 5. The highest BCUT2D eigenvalue weighted by Gasteiger charge is 2.41. The van der Waals surface area contributed by atoms with Gasteiger partial charge in [-0.25, -0.2) is 0 Å². The van der Waals surface area contributed by atoms with Gasteiger partial charge in [-0.3, -0.25) is 0 Å². The van der Waals surface area contributed by atoms with Crippen LogP contribution in [0, 0.1) is 0 Å². The fraction of sp³-hybridized carbons (Fsp3) is 0.586. The first kappa shape index (κ1) is 30.0. The SMILES string of the molecule is CC1(c2ccc(O)cc2)CSc2cc(O)ccc2C1CCCCCCCCCSCCOCC(F)(F)F. The molecule has 2 unspecified atom stereocenters. The average Bonchev–Trinajstić information content (AvgIpc) is 2.85. The molecular weight excluding hydrogens is 517 g/mol. The number of alkyl halides is 3. The van der Waals surface area contributed by atoms with Gasteiger partial charge >= 0.3 is 6.18 Å². The molecular formula is C29H39F3O3S2. The van der Waals surface area contributed by atoms with E-state index in [0.717, 1.165) is 37.2 Å². The van der Waals surface area contributed by atoms with Gasteiger partial charge in [-0.15, -0.1) is 11.8 Å². The summed E-state index contributed by atoms with van der Waals surface area (Å²) in [6.45, 7) is 1.33. The van der Waals surface area contributed by atoms with Crippen LogP contribution in [0.1, 0.15) is 75.3 Å². The van der Waals surface area contributed by atoms with E-state index in [0.29, 0.717) is 17.4 Å². The summed E-state index contributed by atoms with van der Waals surface area (Å²) in [7, 11) is 0. The van der Waals surface area contributed by atoms with Crippen molar-refractivity contribution in [3.63, 3.8) is 0 Å². The number of fused-ring (bicyclic) bond motifs is 1. The summed E-state index contributed by atoms with van der Waals surface area (Å²) in [6, 6.07) is 13.4. The molecule has 0 bridgehead atoms. The fourth-order valence-corrected chi connectivity index (χ4v) is 7.30. The predicted molar refractivity (Wildman–Crippen MR) is 148 cm³/mol. The van der Waals surface area contributed by atoms with Gasteiger partial charge in [0.15, 0.2) is 0 Å². The minimum atomic E-state index is -4.24. The molecule has 206 valence electrons. The maximum absolute atomic E-state index is 12.0. The maximum atomic E-state index is 12.0. The first-order valence-corrected chi connectivity index (χ1v) is 15.3. The quantitative estimate of drug-likeness (QED) is 0.215. The topological polar surface area (TPSA) is 49.7 Å². The number of aromatic hydroxyl groups is 2. The van der Waals surface area contributed by atoms with Crippen LogP contribution >= 0.6 is 23.5 Å². The highest BCUT2D eigenvalue weighted by molar-refractivity contribution is 7.99. The number of unbranched alkanes of at least 4 members (excludes halogenated alkanes) is 6. The number of thioether (sulfide) groups is 2. The van der Waals surface area contributed by atoms with E-state index in [1.807, 2.05) is 18.2 Å². The highest BCUT2D eigenvalue weighted by atomic mass is 32.2. The highest BCUT2D eigenvalue weighted by Crippen LogP contribution is 2.52. The predicted octanol–water partition coefficient (Wildman–Crippen LogP) is 8.68. The molecule has 8 heteroatoms. The van der Waals surface area contributed by atoms with Crippen LogP contribution in [0.2, 0.25) is 0 Å². The van der Waals surface area contributed by atoms with E-state index in [4.69, 9.17) is 0 Å². The van der Waals surface area contributed by atoms with Crippen LogP contribution < -0.4 is 0 Å². The van der Waals surface area contributed by atoms with Gasteiger partial charge in [0.05, 0.1) is 6.61 Å². The Kier molecular flexibility index (Phi) is 11.8. The first-order valence-electron chi connectivity index (χ1n) is 13.2. The molecule has 2 aromatic carbocycles. The van der Waals surface area contributed by atoms with E-state index in [1.165, 1.54) is 41.7 Å². The van der Waals surface area contributed by atoms with Gasteiger partial charge in [0, 0.05) is 21.8 Å². The first-order chi connectivity index (χ1) is 17.7. The largest absolute Gasteiger partial charge is 0.508 e. The number of halogens is 3. The fourth-order valence-electron chi connectivity index (χ4n) is 5.05. The Hall–Kier alpha value is -1.51. The van der Waals surface area contributed by atoms with E-state index in [9.17, 15) is 23.4 Å². The minimum absolute atomic E-state index is 0.0439. The molecule has 0 aliphatic carbocycles. The molecule has 37 heavy (non-hydrogen) atoms. The molecule has 0 aromatic heterocycles. The van der Waals surface area contributed by atoms with Crippen molar-refractivity contribution in [3.8, 4) is 11.5 Å². The van der Waals surface area contributed by atoms with Gasteiger partial charge in [0.2, 0.25) is 0 Å². The van der Waals surface area contributed by atoms with E-state index in [2.05, 4.69) is 17.7 Å². The van der Waals surface area contributed by atoms with Crippen LogP contribution in [-0.2, 0) is 10.2 Å². The maximum Gasteiger partial charge on any atom is 0.411 e. The van der Waals surface area contributed by atoms with Crippen molar-refractivity contribution in [2.24, 2.45) is 0 Å². The van der Waals surface area contributed by atoms with Crippen molar-refractivity contribution < 1.29 is 28.1 Å². The molecule has 0 radical (unpaired) electrons. The third kappa shape index (κ3) is 9.63. The second kappa shape index (κ2) is 14.6. The molecule has 0 saturated heterocycles. The summed E-state index contributed by atoms with van der Waals surface area (Å²) in [4.78, 5) is 1.17. The Labute approximate surface area is 227 Å². The molecule has 0 saturated carbocycles. The van der Waals surface area contributed by atoms with Crippen molar-refractivity contribution in [3.05, 3.63) is 53.6 Å². The molecule has 3 nitrogen and oxygen atoms in total. The number of ether oxygens (including phenoxy) is 1. The molecule has 0 amide bonds. The second-order valence-corrected chi connectivity index (χ2v) is 12.3. The van der Waals surface area contributed by atoms with Crippen molar-refractivity contribution in [1.82, 2.24) is 0 Å². The van der Waals surface area contributed by atoms with Crippen LogP contribution in [0.5, 0.6) is 11.5 Å². The number of phenolic OH excluding ortho intramolecular Hbond substituents is 2. The van der Waals surface area contributed by atoms with Gasteiger partial charge in [-0.1, -0.05) is 63.6 Å². The third-order valence-electron chi connectivity index (χ3n) is 7.12. The van der Waals surface area contributed by atoms with Gasteiger partial charge in [-0.05, 0) is 59.9 Å². The normalized spacial score (nSPS) is 19.6. The molecule has 3 rings (SSSR count). The van der Waals surface area contributed by atoms with Crippen LogP contribution in [0.25, 0.3) is 0 Å². The summed E-state index contributed by atoms with van der Waals surface area (Å²) in [5, 5.41) is 19.8. The Balaban J connectivity index is 1.37. The third-order valence-corrected chi connectivity index (χ3v) is 9.56. The van der Waals surface area contributed by atoms with Crippen LogP contribution in [0.15, 0.2) is 47.4 Å². The zero-order valence-electron chi connectivity index (χ0n) is 21.6. The van der Waals surface area contributed by atoms with Gasteiger partial charge in [-0.2, -0.15) is 24.9 Å². The molecule has 1 heterocycles. The number of benzene rings is 2. The Bertz CT molecular complexity index is 952. The molecule has 2 atom stereocenters. The lowest BCUT2D eigenvalue weighted by Gasteiger charge is -2.43. The van der Waals surface area contributed by atoms with Crippen LogP contribution in [0.4, 0.5) is 13.2 Å². The van der Waals surface area contributed by atoms with Gasteiger partial charge in [0.25, 0.3) is 0 Å². The number of phenols is 2. The lowest BCUT2D eigenvalue weighted by Crippen LogP contribution is -2.36. The van der Waals surface area contributed by atoms with E-state index < -0.39 is 12.8 Å². The molecule has 2 N–H and O–H groups in total. The van der Waals surface area contributed by atoms with Crippen molar-refractivity contribution in [2.75, 3.05) is 30.5 Å². The summed E-state index contributed by atoms with van der Waals surface area (Å²) in [5.41, 5.74) is 2.51. The molecule has 1 aliphatic heterocycles. The van der Waals surface area contributed by atoms with Crippen molar-refractivity contribution in [1.29, 1.82) is 0 Å². The van der Waals surface area contributed by atoms with Crippen LogP contribution in [0.3, 0.4) is 0 Å². The lowest BCUT2D eigenvalue weighted by atomic mass is 9.68. The lowest BCUT2D eigenvalue weighted by molar-refractivity contribution is -0.172. The van der Waals surface area contributed by atoms with E-state index >= 15 is 0 Å².